The normalized spacial score (nSPS) is 17.1. The number of carbonyl (C=O) groups excluding carboxylic acids is 1. The van der Waals surface area contributed by atoms with E-state index in [2.05, 4.69) is 27.9 Å². The molecule has 1 fully saturated rings. The first kappa shape index (κ1) is 24.7. The summed E-state index contributed by atoms with van der Waals surface area (Å²) in [5.41, 5.74) is 3.21. The third-order valence-electron chi connectivity index (χ3n) is 6.48. The second kappa shape index (κ2) is 10.0. The molecule has 4 aromatic rings. The zero-order valence-corrected chi connectivity index (χ0v) is 19.7. The van der Waals surface area contributed by atoms with Crippen LogP contribution in [0.2, 0.25) is 0 Å². The van der Waals surface area contributed by atoms with E-state index in [9.17, 15) is 13.2 Å². The second-order valence-corrected chi connectivity index (χ2v) is 10.8. The van der Waals surface area contributed by atoms with E-state index in [1.165, 1.54) is 18.0 Å². The molecule has 2 heterocycles. The van der Waals surface area contributed by atoms with E-state index < -0.39 is 9.84 Å². The maximum absolute atomic E-state index is 13.0. The molecule has 1 aliphatic rings. The first-order chi connectivity index (χ1) is 16.4. The summed E-state index contributed by atoms with van der Waals surface area (Å²) in [5, 5.41) is 2.25. The van der Waals surface area contributed by atoms with Crippen molar-refractivity contribution in [3.05, 3.63) is 95.8 Å². The highest BCUT2D eigenvalue weighted by Gasteiger charge is 2.43. The number of sulfone groups is 1. The fourth-order valence-electron chi connectivity index (χ4n) is 4.49. The van der Waals surface area contributed by atoms with E-state index in [-0.39, 0.29) is 41.5 Å². The molecule has 2 aromatic heterocycles. The Hall–Kier alpha value is -3.45. The molecule has 6 nitrogen and oxygen atoms in total. The molecule has 0 N–H and O–H groups in total. The van der Waals surface area contributed by atoms with Crippen LogP contribution in [-0.4, -0.2) is 29.2 Å². The van der Waals surface area contributed by atoms with Crippen molar-refractivity contribution in [3.63, 3.8) is 0 Å². The fraction of sp³-hybridized carbons (Fsp3) is 0.286. The smallest absolute Gasteiger partial charge is 0.185 e. The SMILES string of the molecule is C.CCc1cncc2ccc(CC(=O)[C@@H]3CC3c3ccc(S(=O)(=O)Cc4ncccn4)cc3)cc12. The number of ketones is 1. The van der Waals surface area contributed by atoms with Gasteiger partial charge in [0.15, 0.2) is 9.84 Å². The Labute approximate surface area is 206 Å². The van der Waals surface area contributed by atoms with Crippen molar-refractivity contribution in [2.75, 3.05) is 0 Å². The Bertz CT molecular complexity index is 1450. The van der Waals surface area contributed by atoms with Crippen LogP contribution in [0.3, 0.4) is 0 Å². The zero-order chi connectivity index (χ0) is 23.7. The van der Waals surface area contributed by atoms with Crippen molar-refractivity contribution < 1.29 is 13.2 Å². The number of aryl methyl sites for hydroxylation is 1. The van der Waals surface area contributed by atoms with Gasteiger partial charge in [-0.3, -0.25) is 9.78 Å². The van der Waals surface area contributed by atoms with E-state index in [4.69, 9.17) is 0 Å². The molecule has 2 aromatic carbocycles. The van der Waals surface area contributed by atoms with Crippen LogP contribution in [0.1, 0.15) is 49.2 Å². The largest absolute Gasteiger partial charge is 0.299 e. The lowest BCUT2D eigenvalue weighted by Crippen LogP contribution is -2.08. The minimum absolute atomic E-state index is 0. The number of fused-ring (bicyclic) bond motifs is 1. The second-order valence-electron chi connectivity index (χ2n) is 8.79. The van der Waals surface area contributed by atoms with Crippen LogP contribution >= 0.6 is 0 Å². The van der Waals surface area contributed by atoms with Gasteiger partial charge in [-0.1, -0.05) is 44.7 Å². The van der Waals surface area contributed by atoms with Crippen LogP contribution < -0.4 is 0 Å². The topological polar surface area (TPSA) is 89.9 Å². The minimum atomic E-state index is -3.53. The molecule has 0 radical (unpaired) electrons. The Morgan fingerprint density at radius 3 is 2.49 bits per heavy atom. The van der Waals surface area contributed by atoms with Gasteiger partial charge in [-0.25, -0.2) is 18.4 Å². The molecule has 1 saturated carbocycles. The molecule has 1 unspecified atom stereocenters. The highest BCUT2D eigenvalue weighted by Crippen LogP contribution is 2.48. The van der Waals surface area contributed by atoms with Gasteiger partial charge in [0.2, 0.25) is 0 Å². The number of hydrogen-bond donors (Lipinski definition) is 0. The Kier molecular flexibility index (Phi) is 7.08. The quantitative estimate of drug-likeness (QED) is 0.343. The number of pyridine rings is 1. The Morgan fingerprint density at radius 2 is 1.77 bits per heavy atom. The van der Waals surface area contributed by atoms with Gasteiger partial charge in [-0.2, -0.15) is 0 Å². The van der Waals surface area contributed by atoms with E-state index in [0.717, 1.165) is 34.7 Å². The van der Waals surface area contributed by atoms with Crippen molar-refractivity contribution in [1.82, 2.24) is 15.0 Å². The zero-order valence-electron chi connectivity index (χ0n) is 18.9. The number of Topliss-reactive ketones (excluding diaryl/α,β-unsaturated/α-hetero) is 1. The molecule has 0 saturated heterocycles. The lowest BCUT2D eigenvalue weighted by molar-refractivity contribution is -0.119. The summed E-state index contributed by atoms with van der Waals surface area (Å²) in [4.78, 5) is 25.5. The van der Waals surface area contributed by atoms with Crippen molar-refractivity contribution in [3.8, 4) is 0 Å². The van der Waals surface area contributed by atoms with Gasteiger partial charge in [0.05, 0.1) is 4.90 Å². The molecule has 7 heteroatoms. The Balaban J connectivity index is 0.00000289. The average molecular weight is 488 g/mol. The first-order valence-electron chi connectivity index (χ1n) is 11.4. The van der Waals surface area contributed by atoms with E-state index in [0.29, 0.717) is 6.42 Å². The minimum Gasteiger partial charge on any atom is -0.299 e. The van der Waals surface area contributed by atoms with Gasteiger partial charge < -0.3 is 0 Å². The number of aromatic nitrogens is 3. The molecule has 0 amide bonds. The highest BCUT2D eigenvalue weighted by molar-refractivity contribution is 7.90. The van der Waals surface area contributed by atoms with Gasteiger partial charge in [0.25, 0.3) is 0 Å². The van der Waals surface area contributed by atoms with Gasteiger partial charge in [-0.15, -0.1) is 0 Å². The lowest BCUT2D eigenvalue weighted by Gasteiger charge is -2.07. The summed E-state index contributed by atoms with van der Waals surface area (Å²) in [6.45, 7) is 2.11. The van der Waals surface area contributed by atoms with Crippen LogP contribution in [0.25, 0.3) is 10.8 Å². The number of hydrogen-bond acceptors (Lipinski definition) is 6. The summed E-state index contributed by atoms with van der Waals surface area (Å²) >= 11 is 0. The fourth-order valence-corrected chi connectivity index (χ4v) is 5.70. The molecule has 0 spiro atoms. The number of nitrogens with zero attached hydrogens (tertiary/aromatic N) is 3. The predicted octanol–water partition coefficient (Wildman–Crippen LogP) is 5.11. The molecule has 35 heavy (non-hydrogen) atoms. The molecule has 5 rings (SSSR count). The number of rotatable bonds is 8. The van der Waals surface area contributed by atoms with Crippen LogP contribution in [0.15, 0.2) is 78.2 Å². The van der Waals surface area contributed by atoms with Crippen molar-refractivity contribution in [2.24, 2.45) is 5.92 Å². The van der Waals surface area contributed by atoms with Crippen molar-refractivity contribution in [2.45, 2.75) is 50.2 Å². The molecule has 1 aliphatic carbocycles. The van der Waals surface area contributed by atoms with Crippen LogP contribution in [0.4, 0.5) is 0 Å². The standard InChI is InChI=1S/C27H25N3O3S.CH4/c1-2-19-15-28-16-21-5-4-18(12-23(19)21)13-26(31)25-14-24(25)20-6-8-22(9-7-20)34(32,33)17-27-29-10-3-11-30-27;/h3-12,15-16,24-25H,2,13-14,17H2,1H3;1H4/t24?,25-;/m1./s1. The summed E-state index contributed by atoms with van der Waals surface area (Å²) in [6, 6.07) is 14.7. The van der Waals surface area contributed by atoms with E-state index in [1.807, 2.05) is 36.7 Å². The van der Waals surface area contributed by atoms with Gasteiger partial charge in [0, 0.05) is 42.5 Å². The third-order valence-corrected chi connectivity index (χ3v) is 8.11. The van der Waals surface area contributed by atoms with Crippen molar-refractivity contribution >= 4 is 26.4 Å². The van der Waals surface area contributed by atoms with Gasteiger partial charge >= 0.3 is 0 Å². The van der Waals surface area contributed by atoms with Gasteiger partial charge in [0.1, 0.15) is 17.4 Å². The molecule has 0 aliphatic heterocycles. The van der Waals surface area contributed by atoms with E-state index >= 15 is 0 Å². The monoisotopic (exact) mass is 487 g/mol. The molecular weight excluding hydrogens is 458 g/mol. The average Bonchev–Trinajstić information content (AvgIpc) is 3.65. The van der Waals surface area contributed by atoms with Gasteiger partial charge in [-0.05, 0) is 59.0 Å². The summed E-state index contributed by atoms with van der Waals surface area (Å²) in [5.74, 6) is 0.403. The molecular formula is C28H29N3O3S. The first-order valence-corrected chi connectivity index (χ1v) is 13.1. The maximum atomic E-state index is 13.0. The molecule has 2 atom stereocenters. The summed E-state index contributed by atoms with van der Waals surface area (Å²) in [7, 11) is -3.53. The van der Waals surface area contributed by atoms with Crippen LogP contribution in [0, 0.1) is 5.92 Å². The Morgan fingerprint density at radius 1 is 1.03 bits per heavy atom. The highest BCUT2D eigenvalue weighted by atomic mass is 32.2. The lowest BCUT2D eigenvalue weighted by atomic mass is 9.98. The van der Waals surface area contributed by atoms with Crippen LogP contribution in [0.5, 0.6) is 0 Å². The third kappa shape index (κ3) is 5.30. The maximum Gasteiger partial charge on any atom is 0.185 e. The molecule has 0 bridgehead atoms. The predicted molar refractivity (Wildman–Crippen MR) is 137 cm³/mol. The summed E-state index contributed by atoms with van der Waals surface area (Å²) < 4.78 is 25.3. The molecule has 180 valence electrons. The van der Waals surface area contributed by atoms with Crippen molar-refractivity contribution in [1.29, 1.82) is 0 Å². The van der Waals surface area contributed by atoms with E-state index in [1.54, 1.807) is 18.2 Å². The number of benzene rings is 2. The summed E-state index contributed by atoms with van der Waals surface area (Å²) in [6.07, 6.45) is 8.92. The van der Waals surface area contributed by atoms with Crippen LogP contribution in [-0.2, 0) is 33.2 Å². The number of carbonyl (C=O) groups is 1.